The molecular weight excluding hydrogens is 721 g/mol. The fourth-order valence-electron chi connectivity index (χ4n) is 10.00. The standard InChI is InChI=1S/C47H62N2O8/c1-29(2)13-12-18-45(8)19-17-33-38(50)37-39(51)35-27-32-28-36-44(6,7)57-46(42(32)52,47(35,36)56-41(37)34(40(33)55-45)15-14-30(3)4)20-16-31(5)43(53)54-26-11-9-10-23-49-24-21-48-22-25-49/h13-14,16-17,19,27,32,36,48,50H,9-12,15,18,20-26,28H2,1-8H3/b31-16-. The maximum atomic E-state index is 15.0. The lowest BCUT2D eigenvalue weighted by Gasteiger charge is -2.56. The molecule has 0 amide bonds. The van der Waals surface area contributed by atoms with Crippen LogP contribution in [-0.2, 0) is 25.5 Å². The molecule has 1 saturated carbocycles. The number of allylic oxidation sites excluding steroid dienone is 5. The minimum absolute atomic E-state index is 0.0236. The van der Waals surface area contributed by atoms with Crippen LogP contribution in [-0.4, -0.2) is 89.3 Å². The molecule has 4 aliphatic heterocycles. The molecule has 0 aromatic heterocycles. The van der Waals surface area contributed by atoms with Crippen molar-refractivity contribution < 1.29 is 38.4 Å². The van der Waals surface area contributed by atoms with Crippen molar-refractivity contribution in [3.63, 3.8) is 0 Å². The van der Waals surface area contributed by atoms with E-state index in [0.717, 1.165) is 64.0 Å². The molecule has 57 heavy (non-hydrogen) atoms. The molecule has 2 N–H and O–H groups in total. The van der Waals surface area contributed by atoms with Gasteiger partial charge in [0.05, 0.1) is 17.8 Å². The molecule has 8 rings (SSSR count). The van der Waals surface area contributed by atoms with E-state index in [4.69, 9.17) is 18.9 Å². The molecule has 1 aromatic carbocycles. The highest BCUT2D eigenvalue weighted by Gasteiger charge is 2.81. The highest BCUT2D eigenvalue weighted by molar-refractivity contribution is 6.19. The Morgan fingerprint density at radius 3 is 2.44 bits per heavy atom. The predicted molar refractivity (Wildman–Crippen MR) is 221 cm³/mol. The van der Waals surface area contributed by atoms with E-state index in [-0.39, 0.29) is 41.0 Å². The summed E-state index contributed by atoms with van der Waals surface area (Å²) in [6, 6.07) is 0. The maximum absolute atomic E-state index is 15.0. The van der Waals surface area contributed by atoms with Gasteiger partial charge in [-0.3, -0.25) is 9.59 Å². The SMILES string of the molecule is CC(C)=CCCC1(C)C=Cc2c(O)c3c(c(CC=C(C)C)c2O1)OC12C(=CC4CC1C(C)(C)OC2(C/C=C(/C)C(=O)OCCCCCN1CCNCC1)C4=O)C3=O. The van der Waals surface area contributed by atoms with E-state index in [2.05, 4.69) is 36.2 Å². The minimum atomic E-state index is -1.59. The van der Waals surface area contributed by atoms with Crippen LogP contribution in [0.3, 0.4) is 0 Å². The van der Waals surface area contributed by atoms with Gasteiger partial charge in [0.2, 0.25) is 0 Å². The third kappa shape index (κ3) is 7.24. The van der Waals surface area contributed by atoms with Gasteiger partial charge in [0, 0.05) is 61.1 Å². The monoisotopic (exact) mass is 782 g/mol. The number of rotatable bonds is 14. The highest BCUT2D eigenvalue weighted by Crippen LogP contribution is 2.68. The second kappa shape index (κ2) is 15.6. The first-order chi connectivity index (χ1) is 27.0. The van der Waals surface area contributed by atoms with E-state index in [1.54, 1.807) is 19.1 Å². The highest BCUT2D eigenvalue weighted by atomic mass is 16.6. The van der Waals surface area contributed by atoms with Gasteiger partial charge < -0.3 is 34.3 Å². The summed E-state index contributed by atoms with van der Waals surface area (Å²) in [5.74, 6) is -1.39. The Morgan fingerprint density at radius 2 is 1.72 bits per heavy atom. The van der Waals surface area contributed by atoms with Gasteiger partial charge in [-0.25, -0.2) is 4.79 Å². The number of phenols is 1. The van der Waals surface area contributed by atoms with Crippen LogP contribution in [0.4, 0.5) is 0 Å². The molecule has 2 saturated heterocycles. The van der Waals surface area contributed by atoms with Gasteiger partial charge in [0.15, 0.2) is 22.8 Å². The van der Waals surface area contributed by atoms with Gasteiger partial charge in [-0.1, -0.05) is 35.5 Å². The zero-order valence-electron chi connectivity index (χ0n) is 35.3. The van der Waals surface area contributed by atoms with E-state index < -0.39 is 34.3 Å². The topological polar surface area (TPSA) is 124 Å². The van der Waals surface area contributed by atoms with Crippen molar-refractivity contribution in [2.24, 2.45) is 11.8 Å². The average Bonchev–Trinajstić information content (AvgIpc) is 3.31. The lowest BCUT2D eigenvalue weighted by molar-refractivity contribution is -0.171. The smallest absolute Gasteiger partial charge is 0.333 e. The van der Waals surface area contributed by atoms with Crippen LogP contribution in [0.1, 0.15) is 122 Å². The second-order valence-electron chi connectivity index (χ2n) is 18.2. The molecule has 3 fully saturated rings. The number of fused-ring (bicyclic) bond motifs is 2. The summed E-state index contributed by atoms with van der Waals surface area (Å²) in [6.45, 7) is 21.4. The van der Waals surface area contributed by atoms with E-state index in [1.165, 1.54) is 5.57 Å². The van der Waals surface area contributed by atoms with Gasteiger partial charge in [-0.15, -0.1) is 0 Å². The van der Waals surface area contributed by atoms with Crippen molar-refractivity contribution in [2.45, 2.75) is 129 Å². The summed E-state index contributed by atoms with van der Waals surface area (Å²) in [5, 5.41) is 15.3. The van der Waals surface area contributed by atoms with Crippen LogP contribution in [0.5, 0.6) is 17.2 Å². The molecule has 1 aromatic rings. The predicted octanol–water partition coefficient (Wildman–Crippen LogP) is 7.77. The molecule has 308 valence electrons. The van der Waals surface area contributed by atoms with Crippen LogP contribution >= 0.6 is 0 Å². The number of aromatic hydroxyl groups is 1. The van der Waals surface area contributed by atoms with Crippen LogP contribution in [0.25, 0.3) is 6.08 Å². The number of nitrogens with zero attached hydrogens (tertiary/aromatic N) is 1. The number of carbonyl (C=O) groups excluding carboxylic acids is 3. The van der Waals surface area contributed by atoms with Gasteiger partial charge in [0.1, 0.15) is 28.4 Å². The van der Waals surface area contributed by atoms with Crippen molar-refractivity contribution in [1.29, 1.82) is 0 Å². The third-order valence-electron chi connectivity index (χ3n) is 13.0. The lowest BCUT2D eigenvalue weighted by Crippen LogP contribution is -2.72. The van der Waals surface area contributed by atoms with Crippen LogP contribution in [0.2, 0.25) is 0 Å². The van der Waals surface area contributed by atoms with Crippen LogP contribution < -0.4 is 14.8 Å². The number of hydrogen-bond donors (Lipinski definition) is 2. The fourth-order valence-corrected chi connectivity index (χ4v) is 10.00. The number of carbonyl (C=O) groups is 3. The fraction of sp³-hybridized carbons (Fsp3) is 0.596. The minimum Gasteiger partial charge on any atom is -0.506 e. The summed E-state index contributed by atoms with van der Waals surface area (Å²) in [5.41, 5.74) is -0.423. The van der Waals surface area contributed by atoms with Crippen molar-refractivity contribution in [3.8, 4) is 17.2 Å². The van der Waals surface area contributed by atoms with Crippen LogP contribution in [0.15, 0.2) is 52.7 Å². The number of phenolic OH excluding ortho intramolecular Hbond substituents is 1. The first-order valence-corrected chi connectivity index (χ1v) is 21.1. The molecule has 5 atom stereocenters. The zero-order chi connectivity index (χ0) is 40.9. The molecule has 0 radical (unpaired) electrons. The van der Waals surface area contributed by atoms with E-state index in [9.17, 15) is 14.7 Å². The number of hydrogen-bond acceptors (Lipinski definition) is 10. The lowest BCUT2D eigenvalue weighted by atomic mass is 9.51. The van der Waals surface area contributed by atoms with Crippen LogP contribution in [0, 0.1) is 11.8 Å². The molecule has 10 heteroatoms. The molecule has 1 spiro atoms. The first-order valence-electron chi connectivity index (χ1n) is 21.1. The number of ether oxygens (including phenoxy) is 4. The number of ketones is 2. The molecule has 3 aliphatic carbocycles. The second-order valence-corrected chi connectivity index (χ2v) is 18.2. The maximum Gasteiger partial charge on any atom is 0.333 e. The average molecular weight is 783 g/mol. The summed E-state index contributed by atoms with van der Waals surface area (Å²) in [4.78, 5) is 45.5. The quantitative estimate of drug-likeness (QED) is 0.0838. The molecule has 4 bridgehead atoms. The Kier molecular flexibility index (Phi) is 11.3. The Bertz CT molecular complexity index is 1970. The number of benzene rings is 1. The number of esters is 1. The Balaban J connectivity index is 1.21. The van der Waals surface area contributed by atoms with Gasteiger partial charge in [-0.05, 0) is 119 Å². The summed E-state index contributed by atoms with van der Waals surface area (Å²) >= 11 is 0. The largest absolute Gasteiger partial charge is 0.506 e. The van der Waals surface area contributed by atoms with Gasteiger partial charge in [-0.2, -0.15) is 0 Å². The molecule has 10 nitrogen and oxygen atoms in total. The number of unbranched alkanes of at least 4 members (excludes halogenated alkanes) is 2. The van der Waals surface area contributed by atoms with Crippen molar-refractivity contribution >= 4 is 23.6 Å². The molecule has 7 aliphatic rings. The number of Topliss-reactive ketones (excluding diaryl/α,β-unsaturated/α-hetero) is 2. The van der Waals surface area contributed by atoms with Crippen molar-refractivity contribution in [1.82, 2.24) is 10.2 Å². The normalized spacial score (nSPS) is 29.4. The Morgan fingerprint density at radius 1 is 0.982 bits per heavy atom. The van der Waals surface area contributed by atoms with Crippen molar-refractivity contribution in [3.05, 3.63) is 69.4 Å². The Hall–Kier alpha value is -3.99. The summed E-state index contributed by atoms with van der Waals surface area (Å²) in [7, 11) is 0. The number of piperazine rings is 1. The molecular formula is C47H62N2O8. The van der Waals surface area contributed by atoms with Gasteiger partial charge in [0.25, 0.3) is 0 Å². The van der Waals surface area contributed by atoms with Gasteiger partial charge >= 0.3 is 5.97 Å². The molecule has 4 heterocycles. The Labute approximate surface area is 338 Å². The zero-order valence-corrected chi connectivity index (χ0v) is 35.3. The van der Waals surface area contributed by atoms with Crippen molar-refractivity contribution in [2.75, 3.05) is 39.3 Å². The molecule has 5 unspecified atom stereocenters. The van der Waals surface area contributed by atoms with E-state index in [0.29, 0.717) is 53.9 Å². The third-order valence-corrected chi connectivity index (χ3v) is 13.0. The number of nitrogens with one attached hydrogen (secondary N) is 1. The van der Waals surface area contributed by atoms with E-state index >= 15 is 4.79 Å². The van der Waals surface area contributed by atoms with E-state index in [1.807, 2.05) is 46.8 Å². The summed E-state index contributed by atoms with van der Waals surface area (Å²) in [6.07, 6.45) is 16.7. The summed E-state index contributed by atoms with van der Waals surface area (Å²) < 4.78 is 26.7. The first kappa shape index (κ1) is 41.2.